The van der Waals surface area contributed by atoms with E-state index in [2.05, 4.69) is 6.92 Å². The van der Waals surface area contributed by atoms with E-state index in [1.54, 1.807) is 16.4 Å². The average Bonchev–Trinajstić information content (AvgIpc) is 2.81. The van der Waals surface area contributed by atoms with Gasteiger partial charge in [0.05, 0.1) is 4.90 Å². The maximum absolute atomic E-state index is 12.6. The van der Waals surface area contributed by atoms with E-state index in [1.807, 2.05) is 19.1 Å². The lowest BCUT2D eigenvalue weighted by molar-refractivity contribution is 0.404. The molecule has 0 aliphatic carbocycles. The fraction of sp³-hybridized carbons (Fsp3) is 0.571. The molecule has 0 radical (unpaired) electrons. The minimum atomic E-state index is -3.38. The van der Waals surface area contributed by atoms with Crippen LogP contribution < -0.4 is 5.73 Å². The van der Waals surface area contributed by atoms with Gasteiger partial charge in [0.25, 0.3) is 0 Å². The first-order valence-electron chi connectivity index (χ1n) is 6.80. The monoisotopic (exact) mass is 282 g/mol. The number of hydrogen-bond acceptors (Lipinski definition) is 3. The van der Waals surface area contributed by atoms with Gasteiger partial charge >= 0.3 is 0 Å². The van der Waals surface area contributed by atoms with Crippen LogP contribution in [-0.2, 0) is 16.4 Å². The molecule has 4 nitrogen and oxygen atoms in total. The molecule has 1 aliphatic heterocycles. The van der Waals surface area contributed by atoms with Gasteiger partial charge in [0, 0.05) is 12.6 Å². The summed E-state index contributed by atoms with van der Waals surface area (Å²) in [5, 5.41) is 0. The number of nitrogens with zero attached hydrogens (tertiary/aromatic N) is 1. The fourth-order valence-electron chi connectivity index (χ4n) is 2.65. The predicted molar refractivity (Wildman–Crippen MR) is 76.3 cm³/mol. The first-order chi connectivity index (χ1) is 8.98. The summed E-state index contributed by atoms with van der Waals surface area (Å²) in [6.45, 7) is 5.09. The Morgan fingerprint density at radius 1 is 1.32 bits per heavy atom. The highest BCUT2D eigenvalue weighted by atomic mass is 32.2. The number of aryl methyl sites for hydroxylation is 1. The van der Waals surface area contributed by atoms with Crippen molar-refractivity contribution < 1.29 is 8.42 Å². The Kier molecular flexibility index (Phi) is 4.28. The van der Waals surface area contributed by atoms with Crippen molar-refractivity contribution in [3.63, 3.8) is 0 Å². The maximum atomic E-state index is 12.6. The molecule has 1 saturated heterocycles. The molecule has 2 rings (SSSR count). The third kappa shape index (κ3) is 2.83. The lowest BCUT2D eigenvalue weighted by atomic mass is 10.1. The van der Waals surface area contributed by atoms with Crippen molar-refractivity contribution in [2.45, 2.75) is 37.6 Å². The molecular formula is C14H22N2O2S. The molecule has 2 N–H and O–H groups in total. The molecule has 0 bridgehead atoms. The van der Waals surface area contributed by atoms with Gasteiger partial charge in [-0.3, -0.25) is 0 Å². The Morgan fingerprint density at radius 3 is 2.42 bits per heavy atom. The predicted octanol–water partition coefficient (Wildman–Crippen LogP) is 1.61. The van der Waals surface area contributed by atoms with Gasteiger partial charge in [0.2, 0.25) is 10.0 Å². The van der Waals surface area contributed by atoms with Crippen molar-refractivity contribution in [1.82, 2.24) is 4.31 Å². The van der Waals surface area contributed by atoms with Crippen LogP contribution in [-0.4, -0.2) is 31.9 Å². The van der Waals surface area contributed by atoms with Gasteiger partial charge in [-0.1, -0.05) is 19.1 Å². The molecule has 1 aromatic rings. The van der Waals surface area contributed by atoms with Crippen molar-refractivity contribution in [2.24, 2.45) is 11.7 Å². The molecular weight excluding hydrogens is 260 g/mol. The third-order valence-corrected chi connectivity index (χ3v) is 5.87. The Balaban J connectivity index is 2.26. The van der Waals surface area contributed by atoms with E-state index in [0.29, 0.717) is 18.0 Å². The second-order valence-corrected chi connectivity index (χ2v) is 7.15. The van der Waals surface area contributed by atoms with E-state index >= 15 is 0 Å². The molecule has 0 saturated carbocycles. The molecule has 0 spiro atoms. The lowest BCUT2D eigenvalue weighted by Gasteiger charge is -2.21. The minimum Gasteiger partial charge on any atom is -0.330 e. The standard InChI is InChI=1S/C14H22N2O2S/c1-3-12-4-6-14(7-5-12)19(17,18)16-10-13(9-15)8-11(16)2/h4-7,11,13H,3,8-10,15H2,1-2H3. The van der Waals surface area contributed by atoms with Gasteiger partial charge in [0.15, 0.2) is 0 Å². The summed E-state index contributed by atoms with van der Waals surface area (Å²) in [6.07, 6.45) is 1.76. The van der Waals surface area contributed by atoms with E-state index in [0.717, 1.165) is 18.4 Å². The second kappa shape index (κ2) is 5.61. The Hall–Kier alpha value is -0.910. The van der Waals surface area contributed by atoms with E-state index in [9.17, 15) is 8.42 Å². The summed E-state index contributed by atoms with van der Waals surface area (Å²) < 4.78 is 26.8. The summed E-state index contributed by atoms with van der Waals surface area (Å²) >= 11 is 0. The van der Waals surface area contributed by atoms with Gasteiger partial charge < -0.3 is 5.73 Å². The minimum absolute atomic E-state index is 0.0319. The van der Waals surface area contributed by atoms with Crippen molar-refractivity contribution >= 4 is 10.0 Å². The van der Waals surface area contributed by atoms with Gasteiger partial charge in [0.1, 0.15) is 0 Å². The summed E-state index contributed by atoms with van der Waals surface area (Å²) in [5.74, 6) is 0.277. The zero-order valence-electron chi connectivity index (χ0n) is 11.5. The van der Waals surface area contributed by atoms with Crippen LogP contribution in [0.25, 0.3) is 0 Å². The molecule has 2 unspecified atom stereocenters. The Morgan fingerprint density at radius 2 is 1.95 bits per heavy atom. The Bertz CT molecular complexity index is 525. The van der Waals surface area contributed by atoms with Crippen LogP contribution in [0.4, 0.5) is 0 Å². The van der Waals surface area contributed by atoms with E-state index < -0.39 is 10.0 Å². The van der Waals surface area contributed by atoms with Crippen LogP contribution in [0.1, 0.15) is 25.8 Å². The van der Waals surface area contributed by atoms with Crippen LogP contribution in [0.2, 0.25) is 0 Å². The normalized spacial score (nSPS) is 24.8. The molecule has 2 atom stereocenters. The quantitative estimate of drug-likeness (QED) is 0.912. The Labute approximate surface area is 115 Å². The molecule has 0 amide bonds. The van der Waals surface area contributed by atoms with Crippen LogP contribution in [0.5, 0.6) is 0 Å². The molecule has 0 aromatic heterocycles. The second-order valence-electron chi connectivity index (χ2n) is 5.26. The first kappa shape index (κ1) is 14.5. The van der Waals surface area contributed by atoms with Crippen LogP contribution in [0.15, 0.2) is 29.2 Å². The van der Waals surface area contributed by atoms with Crippen LogP contribution >= 0.6 is 0 Å². The zero-order chi connectivity index (χ0) is 14.0. The van der Waals surface area contributed by atoms with E-state index in [-0.39, 0.29) is 12.0 Å². The maximum Gasteiger partial charge on any atom is 0.243 e. The topological polar surface area (TPSA) is 63.4 Å². The summed E-state index contributed by atoms with van der Waals surface area (Å²) in [7, 11) is -3.38. The van der Waals surface area contributed by atoms with E-state index in [1.165, 1.54) is 0 Å². The first-order valence-corrected chi connectivity index (χ1v) is 8.24. The third-order valence-electron chi connectivity index (χ3n) is 3.88. The molecule has 1 aromatic carbocycles. The molecule has 1 heterocycles. The highest BCUT2D eigenvalue weighted by Gasteiger charge is 2.37. The largest absolute Gasteiger partial charge is 0.330 e. The summed E-state index contributed by atoms with van der Waals surface area (Å²) in [5.41, 5.74) is 6.80. The zero-order valence-corrected chi connectivity index (χ0v) is 12.4. The molecule has 1 fully saturated rings. The van der Waals surface area contributed by atoms with Crippen LogP contribution in [0.3, 0.4) is 0 Å². The number of rotatable bonds is 4. The number of sulfonamides is 1. The van der Waals surface area contributed by atoms with Crippen molar-refractivity contribution in [2.75, 3.05) is 13.1 Å². The highest BCUT2D eigenvalue weighted by Crippen LogP contribution is 2.28. The van der Waals surface area contributed by atoms with E-state index in [4.69, 9.17) is 5.73 Å². The lowest BCUT2D eigenvalue weighted by Crippen LogP contribution is -2.34. The van der Waals surface area contributed by atoms with Gasteiger partial charge in [-0.05, 0) is 49.9 Å². The molecule has 19 heavy (non-hydrogen) atoms. The molecule has 106 valence electrons. The highest BCUT2D eigenvalue weighted by molar-refractivity contribution is 7.89. The smallest absolute Gasteiger partial charge is 0.243 e. The molecule has 5 heteroatoms. The average molecular weight is 282 g/mol. The van der Waals surface area contributed by atoms with Crippen molar-refractivity contribution in [3.8, 4) is 0 Å². The summed E-state index contributed by atoms with van der Waals surface area (Å²) in [6, 6.07) is 7.21. The summed E-state index contributed by atoms with van der Waals surface area (Å²) in [4.78, 5) is 0.384. The number of hydrogen-bond donors (Lipinski definition) is 1. The van der Waals surface area contributed by atoms with Gasteiger partial charge in [-0.15, -0.1) is 0 Å². The molecule has 1 aliphatic rings. The van der Waals surface area contributed by atoms with Gasteiger partial charge in [-0.2, -0.15) is 4.31 Å². The number of benzene rings is 1. The fourth-order valence-corrected chi connectivity index (χ4v) is 4.36. The SMILES string of the molecule is CCc1ccc(S(=O)(=O)N2CC(CN)CC2C)cc1. The van der Waals surface area contributed by atoms with Gasteiger partial charge in [-0.25, -0.2) is 8.42 Å². The van der Waals surface area contributed by atoms with Crippen LogP contribution in [0, 0.1) is 5.92 Å². The van der Waals surface area contributed by atoms with Crippen molar-refractivity contribution in [3.05, 3.63) is 29.8 Å². The van der Waals surface area contributed by atoms with Crippen molar-refractivity contribution in [1.29, 1.82) is 0 Å². The number of nitrogens with two attached hydrogens (primary N) is 1.